The van der Waals surface area contributed by atoms with Crippen LogP contribution in [0.4, 0.5) is 23.9 Å². The summed E-state index contributed by atoms with van der Waals surface area (Å²) in [5.74, 6) is -2.06. The van der Waals surface area contributed by atoms with Crippen molar-refractivity contribution < 1.29 is 23.1 Å². The second kappa shape index (κ2) is 8.28. The van der Waals surface area contributed by atoms with Crippen LogP contribution in [0, 0.1) is 17.5 Å². The van der Waals surface area contributed by atoms with Crippen molar-refractivity contribution in [1.82, 2.24) is 20.2 Å². The fraction of sp³-hybridized carbons (Fsp3) is 0.0833. The Balaban J connectivity index is 1.56. The van der Waals surface area contributed by atoms with Crippen molar-refractivity contribution in [1.29, 1.82) is 0 Å². The van der Waals surface area contributed by atoms with Crippen LogP contribution in [-0.2, 0) is 6.42 Å². The molecule has 0 saturated heterocycles. The Kier molecular flexibility index (Phi) is 5.24. The number of hydrogen-bond donors (Lipinski definition) is 3. The second-order valence-electron chi connectivity index (χ2n) is 7.90. The van der Waals surface area contributed by atoms with E-state index < -0.39 is 34.5 Å². The summed E-state index contributed by atoms with van der Waals surface area (Å²) in [6.45, 7) is 0. The van der Waals surface area contributed by atoms with Crippen molar-refractivity contribution in [2.75, 3.05) is 11.9 Å². The number of anilines is 1. The largest absolute Gasteiger partial charge is 0.465 e. The monoisotopic (exact) mass is 479 g/mol. The molecule has 0 spiro atoms. The van der Waals surface area contributed by atoms with E-state index in [-0.39, 0.29) is 29.0 Å². The lowest BCUT2D eigenvalue weighted by atomic mass is 9.98. The number of rotatable bonds is 4. The molecule has 3 N–H and O–H groups in total. The molecular weight excluding hydrogens is 463 g/mol. The SMILES string of the molecule is CN(C(=O)O)c1nc2ccc(-c3cc(Cc4n[nH]c(=O)c5c(F)ccc(F)c45)ccc3F)cc2[nH]1. The Labute approximate surface area is 194 Å². The number of fused-ring (bicyclic) bond motifs is 2. The third-order valence-electron chi connectivity index (χ3n) is 5.70. The molecule has 0 aliphatic carbocycles. The molecule has 176 valence electrons. The molecule has 0 aliphatic rings. The summed E-state index contributed by atoms with van der Waals surface area (Å²) in [7, 11) is 1.34. The van der Waals surface area contributed by atoms with Crippen molar-refractivity contribution in [2.24, 2.45) is 0 Å². The van der Waals surface area contributed by atoms with Gasteiger partial charge in [-0.05, 0) is 47.5 Å². The normalized spacial score (nSPS) is 11.3. The van der Waals surface area contributed by atoms with Gasteiger partial charge in [-0.1, -0.05) is 12.1 Å². The third-order valence-corrected chi connectivity index (χ3v) is 5.70. The number of aromatic amines is 2. The van der Waals surface area contributed by atoms with Gasteiger partial charge in [0.1, 0.15) is 17.5 Å². The zero-order valence-corrected chi connectivity index (χ0v) is 18.1. The van der Waals surface area contributed by atoms with Crippen LogP contribution < -0.4 is 10.5 Å². The highest BCUT2D eigenvalue weighted by Crippen LogP contribution is 2.29. The standard InChI is InChI=1S/C24H16F3N5O3/c1-32(24(34)35)23-28-17-7-3-12(10-18(17)29-23)13-8-11(2-4-14(13)25)9-19-20-15(26)5-6-16(27)21(20)22(33)31-30-19/h2-8,10H,9H2,1H3,(H,28,29)(H,31,33)(H,34,35). The molecule has 0 atom stereocenters. The lowest BCUT2D eigenvalue weighted by Crippen LogP contribution is -2.24. The van der Waals surface area contributed by atoms with Crippen molar-refractivity contribution in [3.63, 3.8) is 0 Å². The van der Waals surface area contributed by atoms with Crippen molar-refractivity contribution >= 4 is 33.8 Å². The molecule has 11 heteroatoms. The molecule has 0 saturated carbocycles. The van der Waals surface area contributed by atoms with Crippen molar-refractivity contribution in [2.45, 2.75) is 6.42 Å². The highest BCUT2D eigenvalue weighted by atomic mass is 19.1. The number of halogens is 3. The van der Waals surface area contributed by atoms with E-state index in [2.05, 4.69) is 20.2 Å². The van der Waals surface area contributed by atoms with Crippen LogP contribution in [0.1, 0.15) is 11.3 Å². The lowest BCUT2D eigenvalue weighted by Gasteiger charge is -2.10. The van der Waals surface area contributed by atoms with Crippen LogP contribution in [0.2, 0.25) is 0 Å². The Morgan fingerprint density at radius 2 is 1.71 bits per heavy atom. The smallest absolute Gasteiger partial charge is 0.413 e. The summed E-state index contributed by atoms with van der Waals surface area (Å²) in [5.41, 5.74) is 1.51. The topological polar surface area (TPSA) is 115 Å². The maximum atomic E-state index is 14.8. The van der Waals surface area contributed by atoms with Gasteiger partial charge in [-0.3, -0.25) is 9.69 Å². The van der Waals surface area contributed by atoms with Gasteiger partial charge in [-0.2, -0.15) is 5.10 Å². The van der Waals surface area contributed by atoms with Gasteiger partial charge in [0.25, 0.3) is 5.56 Å². The number of benzene rings is 3. The van der Waals surface area contributed by atoms with E-state index in [1.165, 1.54) is 19.2 Å². The minimum absolute atomic E-state index is 0.000783. The summed E-state index contributed by atoms with van der Waals surface area (Å²) >= 11 is 0. The molecule has 0 bridgehead atoms. The molecule has 5 aromatic rings. The number of nitrogens with zero attached hydrogens (tertiary/aromatic N) is 3. The summed E-state index contributed by atoms with van der Waals surface area (Å²) in [5, 5.41) is 14.6. The van der Waals surface area contributed by atoms with Crippen molar-refractivity contribution in [3.05, 3.63) is 87.6 Å². The van der Waals surface area contributed by atoms with Crippen LogP contribution in [0.15, 0.2) is 53.3 Å². The summed E-state index contributed by atoms with van der Waals surface area (Å²) < 4.78 is 43.5. The van der Waals surface area contributed by atoms with E-state index in [1.54, 1.807) is 24.3 Å². The third kappa shape index (κ3) is 3.86. The van der Waals surface area contributed by atoms with E-state index in [4.69, 9.17) is 5.11 Å². The summed E-state index contributed by atoms with van der Waals surface area (Å²) in [6.07, 6.45) is -1.19. The zero-order valence-electron chi connectivity index (χ0n) is 18.1. The van der Waals surface area contributed by atoms with E-state index in [9.17, 15) is 22.8 Å². The number of H-pyrrole nitrogens is 2. The van der Waals surface area contributed by atoms with Crippen LogP contribution in [-0.4, -0.2) is 38.4 Å². The summed E-state index contributed by atoms with van der Waals surface area (Å²) in [6, 6.07) is 11.0. The number of carbonyl (C=O) groups is 1. The Hall–Kier alpha value is -4.67. The fourth-order valence-electron chi connectivity index (χ4n) is 3.92. The van der Waals surface area contributed by atoms with Crippen LogP contribution in [0.3, 0.4) is 0 Å². The predicted molar refractivity (Wildman–Crippen MR) is 123 cm³/mol. The number of aromatic nitrogens is 4. The first-order valence-corrected chi connectivity index (χ1v) is 10.3. The zero-order chi connectivity index (χ0) is 24.9. The molecule has 2 heterocycles. The van der Waals surface area contributed by atoms with E-state index in [1.807, 2.05) is 0 Å². The Morgan fingerprint density at radius 3 is 2.46 bits per heavy atom. The maximum absolute atomic E-state index is 14.8. The molecule has 5 rings (SSSR count). The average Bonchev–Trinajstić information content (AvgIpc) is 3.26. The van der Waals surface area contributed by atoms with Crippen molar-refractivity contribution in [3.8, 4) is 11.1 Å². The molecule has 2 aromatic heterocycles. The number of amides is 1. The molecular formula is C24H16F3N5O3. The van der Waals surface area contributed by atoms with E-state index >= 15 is 0 Å². The number of carboxylic acid groups (broad SMARTS) is 1. The number of hydrogen-bond acceptors (Lipinski definition) is 4. The van der Waals surface area contributed by atoms with Crippen LogP contribution in [0.5, 0.6) is 0 Å². The first-order chi connectivity index (χ1) is 16.7. The average molecular weight is 479 g/mol. The minimum atomic E-state index is -1.19. The molecule has 0 unspecified atom stereocenters. The van der Waals surface area contributed by atoms with E-state index in [0.717, 1.165) is 17.0 Å². The van der Waals surface area contributed by atoms with Gasteiger partial charge in [-0.25, -0.2) is 28.0 Å². The minimum Gasteiger partial charge on any atom is -0.465 e. The predicted octanol–water partition coefficient (Wildman–Crippen LogP) is 4.59. The first kappa shape index (κ1) is 22.1. The first-order valence-electron chi connectivity index (χ1n) is 10.3. The molecule has 0 radical (unpaired) electrons. The molecule has 0 fully saturated rings. The van der Waals surface area contributed by atoms with Gasteiger partial charge >= 0.3 is 6.09 Å². The highest BCUT2D eigenvalue weighted by molar-refractivity contribution is 5.89. The Morgan fingerprint density at radius 1 is 1.00 bits per heavy atom. The van der Waals surface area contributed by atoms with Gasteiger partial charge in [0, 0.05) is 24.4 Å². The van der Waals surface area contributed by atoms with Gasteiger partial charge in [0.2, 0.25) is 5.95 Å². The molecule has 1 amide bonds. The van der Waals surface area contributed by atoms with Gasteiger partial charge in [0.15, 0.2) is 0 Å². The van der Waals surface area contributed by atoms with Gasteiger partial charge < -0.3 is 10.1 Å². The number of nitrogens with one attached hydrogen (secondary N) is 2. The van der Waals surface area contributed by atoms with Crippen LogP contribution >= 0.6 is 0 Å². The number of imidazole rings is 1. The molecule has 3 aromatic carbocycles. The highest BCUT2D eigenvalue weighted by Gasteiger charge is 2.17. The van der Waals surface area contributed by atoms with Crippen LogP contribution in [0.25, 0.3) is 32.9 Å². The maximum Gasteiger partial charge on any atom is 0.413 e. The quantitative estimate of drug-likeness (QED) is 0.349. The fourth-order valence-corrected chi connectivity index (χ4v) is 3.92. The van der Waals surface area contributed by atoms with E-state index in [0.29, 0.717) is 22.2 Å². The Bertz CT molecular complexity index is 1700. The second-order valence-corrected chi connectivity index (χ2v) is 7.90. The molecule has 8 nitrogen and oxygen atoms in total. The lowest BCUT2D eigenvalue weighted by molar-refractivity contribution is 0.203. The molecule has 0 aliphatic heterocycles. The van der Waals surface area contributed by atoms with Gasteiger partial charge in [0.05, 0.1) is 22.1 Å². The van der Waals surface area contributed by atoms with Gasteiger partial charge in [-0.15, -0.1) is 0 Å². The molecule has 35 heavy (non-hydrogen) atoms. The summed E-state index contributed by atoms with van der Waals surface area (Å²) in [4.78, 5) is 31.2.